The summed E-state index contributed by atoms with van der Waals surface area (Å²) in [6.07, 6.45) is 7.33. The van der Waals surface area contributed by atoms with Crippen molar-refractivity contribution in [2.45, 2.75) is 64.5 Å². The molecule has 88 valence electrons. The van der Waals surface area contributed by atoms with Gasteiger partial charge in [0.05, 0.1) is 6.10 Å². The van der Waals surface area contributed by atoms with Crippen molar-refractivity contribution in [3.63, 3.8) is 0 Å². The van der Waals surface area contributed by atoms with Gasteiger partial charge in [0.15, 0.2) is 0 Å². The Kier molecular flexibility index (Phi) is 3.36. The van der Waals surface area contributed by atoms with Gasteiger partial charge in [-0.15, -0.1) is 0 Å². The molecule has 2 atom stereocenters. The highest BCUT2D eigenvalue weighted by molar-refractivity contribution is 4.94. The number of likely N-dealkylation sites (tertiary alicyclic amines) is 1. The third kappa shape index (κ3) is 2.07. The fourth-order valence-corrected chi connectivity index (χ4v) is 3.43. The minimum Gasteiger partial charge on any atom is -0.391 e. The molecule has 2 fully saturated rings. The van der Waals surface area contributed by atoms with Crippen molar-refractivity contribution in [2.75, 3.05) is 13.1 Å². The van der Waals surface area contributed by atoms with E-state index in [2.05, 4.69) is 18.7 Å². The molecule has 2 nitrogen and oxygen atoms in total. The van der Waals surface area contributed by atoms with E-state index in [-0.39, 0.29) is 6.10 Å². The van der Waals surface area contributed by atoms with Gasteiger partial charge in [-0.3, -0.25) is 4.90 Å². The zero-order valence-corrected chi connectivity index (χ0v) is 10.2. The number of aliphatic hydroxyl groups excluding tert-OH is 1. The summed E-state index contributed by atoms with van der Waals surface area (Å²) in [7, 11) is 0. The van der Waals surface area contributed by atoms with E-state index in [1.165, 1.54) is 45.2 Å². The molecule has 0 amide bonds. The van der Waals surface area contributed by atoms with Crippen molar-refractivity contribution < 1.29 is 5.11 Å². The van der Waals surface area contributed by atoms with Crippen LogP contribution in [-0.2, 0) is 0 Å². The zero-order valence-electron chi connectivity index (χ0n) is 10.2. The first-order valence-corrected chi connectivity index (χ1v) is 6.63. The molecular weight excluding hydrogens is 186 g/mol. The van der Waals surface area contributed by atoms with Crippen LogP contribution in [0.4, 0.5) is 0 Å². The topological polar surface area (TPSA) is 23.5 Å². The molecule has 0 aromatic heterocycles. The lowest BCUT2D eigenvalue weighted by atomic mass is 9.82. The van der Waals surface area contributed by atoms with Crippen molar-refractivity contribution in [1.82, 2.24) is 4.90 Å². The SMILES string of the molecule is CCC1(CC)CCN([C@@H]2CCC[C@H]2O)C1. The summed E-state index contributed by atoms with van der Waals surface area (Å²) >= 11 is 0. The van der Waals surface area contributed by atoms with Crippen molar-refractivity contribution in [1.29, 1.82) is 0 Å². The summed E-state index contributed by atoms with van der Waals surface area (Å²) in [5, 5.41) is 9.92. The smallest absolute Gasteiger partial charge is 0.0695 e. The van der Waals surface area contributed by atoms with E-state index in [0.29, 0.717) is 11.5 Å². The number of hydrogen-bond donors (Lipinski definition) is 1. The lowest BCUT2D eigenvalue weighted by Crippen LogP contribution is -2.40. The first-order valence-electron chi connectivity index (χ1n) is 6.63. The molecule has 2 heteroatoms. The van der Waals surface area contributed by atoms with E-state index in [0.717, 1.165) is 6.42 Å². The third-order valence-corrected chi connectivity index (χ3v) is 4.88. The molecule has 1 saturated carbocycles. The van der Waals surface area contributed by atoms with Gasteiger partial charge in [0.1, 0.15) is 0 Å². The zero-order chi connectivity index (χ0) is 10.9. The Hall–Kier alpha value is -0.0800. The number of nitrogens with zero attached hydrogens (tertiary/aromatic N) is 1. The Balaban J connectivity index is 1.97. The maximum absolute atomic E-state index is 9.92. The number of aliphatic hydroxyl groups is 1. The predicted octanol–water partition coefficient (Wildman–Crippen LogP) is 2.41. The summed E-state index contributed by atoms with van der Waals surface area (Å²) < 4.78 is 0. The first-order chi connectivity index (χ1) is 7.21. The maximum atomic E-state index is 9.92. The highest BCUT2D eigenvalue weighted by atomic mass is 16.3. The largest absolute Gasteiger partial charge is 0.391 e. The fraction of sp³-hybridized carbons (Fsp3) is 1.00. The summed E-state index contributed by atoms with van der Waals surface area (Å²) in [4.78, 5) is 2.56. The molecule has 15 heavy (non-hydrogen) atoms. The number of hydrogen-bond acceptors (Lipinski definition) is 2. The van der Waals surface area contributed by atoms with Crippen LogP contribution < -0.4 is 0 Å². The Bertz CT molecular complexity index is 213. The van der Waals surface area contributed by atoms with Crippen LogP contribution >= 0.6 is 0 Å². The molecule has 1 saturated heterocycles. The second-order valence-electron chi connectivity index (χ2n) is 5.49. The van der Waals surface area contributed by atoms with E-state index in [9.17, 15) is 5.11 Å². The molecule has 0 aromatic rings. The average Bonchev–Trinajstić information content (AvgIpc) is 2.84. The highest BCUT2D eigenvalue weighted by Gasteiger charge is 2.40. The molecule has 0 unspecified atom stereocenters. The molecule has 0 spiro atoms. The average molecular weight is 211 g/mol. The lowest BCUT2D eigenvalue weighted by molar-refractivity contribution is 0.0763. The monoisotopic (exact) mass is 211 g/mol. The van der Waals surface area contributed by atoms with Crippen molar-refractivity contribution in [3.8, 4) is 0 Å². The fourth-order valence-electron chi connectivity index (χ4n) is 3.43. The molecule has 2 aliphatic rings. The van der Waals surface area contributed by atoms with Gasteiger partial charge in [-0.05, 0) is 50.5 Å². The van der Waals surface area contributed by atoms with Gasteiger partial charge in [-0.2, -0.15) is 0 Å². The van der Waals surface area contributed by atoms with Crippen LogP contribution in [0.2, 0.25) is 0 Å². The summed E-state index contributed by atoms with van der Waals surface area (Å²) in [5.74, 6) is 0. The Morgan fingerprint density at radius 1 is 1.27 bits per heavy atom. The second kappa shape index (κ2) is 4.42. The van der Waals surface area contributed by atoms with Crippen LogP contribution in [0.25, 0.3) is 0 Å². The van der Waals surface area contributed by atoms with Gasteiger partial charge in [-0.25, -0.2) is 0 Å². The van der Waals surface area contributed by atoms with Crippen molar-refractivity contribution in [3.05, 3.63) is 0 Å². The molecule has 0 aromatic carbocycles. The quantitative estimate of drug-likeness (QED) is 0.775. The van der Waals surface area contributed by atoms with Gasteiger partial charge in [0.2, 0.25) is 0 Å². The van der Waals surface area contributed by atoms with Crippen LogP contribution in [0, 0.1) is 5.41 Å². The van der Waals surface area contributed by atoms with Gasteiger partial charge in [-0.1, -0.05) is 13.8 Å². The van der Waals surface area contributed by atoms with E-state index >= 15 is 0 Å². The molecule has 0 radical (unpaired) electrons. The standard InChI is InChI=1S/C13H25NO/c1-3-13(4-2)8-9-14(10-13)11-6-5-7-12(11)15/h11-12,15H,3-10H2,1-2H3/t11-,12-/m1/s1. The van der Waals surface area contributed by atoms with E-state index in [4.69, 9.17) is 0 Å². The van der Waals surface area contributed by atoms with E-state index in [1.807, 2.05) is 0 Å². The van der Waals surface area contributed by atoms with Crippen LogP contribution in [0.3, 0.4) is 0 Å². The van der Waals surface area contributed by atoms with Gasteiger partial charge in [0, 0.05) is 12.6 Å². The summed E-state index contributed by atoms with van der Waals surface area (Å²) in [6, 6.07) is 0.477. The number of rotatable bonds is 3. The minimum absolute atomic E-state index is 0.0467. The normalized spacial score (nSPS) is 36.2. The van der Waals surface area contributed by atoms with Crippen molar-refractivity contribution >= 4 is 0 Å². The molecule has 2 rings (SSSR count). The van der Waals surface area contributed by atoms with Crippen LogP contribution in [0.1, 0.15) is 52.4 Å². The van der Waals surface area contributed by atoms with Gasteiger partial charge < -0.3 is 5.11 Å². The minimum atomic E-state index is -0.0467. The van der Waals surface area contributed by atoms with Crippen LogP contribution in [0.5, 0.6) is 0 Å². The predicted molar refractivity (Wildman–Crippen MR) is 62.9 cm³/mol. The van der Waals surface area contributed by atoms with Crippen molar-refractivity contribution in [2.24, 2.45) is 5.41 Å². The first kappa shape index (κ1) is 11.4. The molecule has 1 N–H and O–H groups in total. The van der Waals surface area contributed by atoms with Gasteiger partial charge >= 0.3 is 0 Å². The Labute approximate surface area is 93.7 Å². The Morgan fingerprint density at radius 3 is 2.47 bits per heavy atom. The summed E-state index contributed by atoms with van der Waals surface area (Å²) in [6.45, 7) is 7.07. The third-order valence-electron chi connectivity index (χ3n) is 4.88. The molecular formula is C13H25NO. The molecule has 0 bridgehead atoms. The summed E-state index contributed by atoms with van der Waals surface area (Å²) in [5.41, 5.74) is 0.558. The maximum Gasteiger partial charge on any atom is 0.0695 e. The molecule has 1 heterocycles. The van der Waals surface area contributed by atoms with E-state index < -0.39 is 0 Å². The van der Waals surface area contributed by atoms with Crippen LogP contribution in [0.15, 0.2) is 0 Å². The second-order valence-corrected chi connectivity index (χ2v) is 5.49. The lowest BCUT2D eigenvalue weighted by Gasteiger charge is -2.30. The Morgan fingerprint density at radius 2 is 2.00 bits per heavy atom. The van der Waals surface area contributed by atoms with Gasteiger partial charge in [0.25, 0.3) is 0 Å². The molecule has 1 aliphatic heterocycles. The molecule has 1 aliphatic carbocycles. The van der Waals surface area contributed by atoms with E-state index in [1.54, 1.807) is 0 Å². The van der Waals surface area contributed by atoms with Crippen LogP contribution in [-0.4, -0.2) is 35.2 Å². The highest BCUT2D eigenvalue weighted by Crippen LogP contribution is 2.40.